The van der Waals surface area contributed by atoms with Crippen molar-refractivity contribution >= 4 is 27.3 Å². The minimum absolute atomic E-state index is 0.0529. The molecule has 30 heavy (non-hydrogen) atoms. The highest BCUT2D eigenvalue weighted by molar-refractivity contribution is 7.89. The van der Waals surface area contributed by atoms with E-state index >= 15 is 0 Å². The first-order valence-corrected chi connectivity index (χ1v) is 12.8. The van der Waals surface area contributed by atoms with Gasteiger partial charge in [0.05, 0.1) is 24.9 Å². The van der Waals surface area contributed by atoms with Crippen LogP contribution in [0.25, 0.3) is 0 Å². The van der Waals surface area contributed by atoms with Crippen LogP contribution in [0.4, 0.5) is 0 Å². The molecule has 1 unspecified atom stereocenters. The van der Waals surface area contributed by atoms with Crippen LogP contribution in [0.3, 0.4) is 0 Å². The van der Waals surface area contributed by atoms with E-state index in [0.29, 0.717) is 13.0 Å². The molecule has 2 heterocycles. The smallest absolute Gasteiger partial charge is 0.238 e. The fourth-order valence-electron chi connectivity index (χ4n) is 3.79. The predicted molar refractivity (Wildman–Crippen MR) is 120 cm³/mol. The van der Waals surface area contributed by atoms with Crippen molar-refractivity contribution in [3.63, 3.8) is 0 Å². The summed E-state index contributed by atoms with van der Waals surface area (Å²) in [6.07, 6.45) is 2.16. The molecular formula is C22H30N2O4S2. The van der Waals surface area contributed by atoms with Crippen LogP contribution in [0, 0.1) is 0 Å². The van der Waals surface area contributed by atoms with Gasteiger partial charge in [0.1, 0.15) is 0 Å². The minimum atomic E-state index is -3.51. The van der Waals surface area contributed by atoms with Crippen molar-refractivity contribution in [2.24, 2.45) is 0 Å². The molecule has 164 valence electrons. The second-order valence-electron chi connectivity index (χ2n) is 7.45. The number of sulfonamides is 1. The molecule has 0 saturated heterocycles. The first kappa shape index (κ1) is 22.9. The number of amides is 1. The van der Waals surface area contributed by atoms with E-state index < -0.39 is 10.0 Å². The Morgan fingerprint density at radius 2 is 2.03 bits per heavy atom. The van der Waals surface area contributed by atoms with E-state index in [-0.39, 0.29) is 37.4 Å². The Kier molecular flexibility index (Phi) is 8.05. The molecular weight excluding hydrogens is 420 g/mol. The molecule has 0 fully saturated rings. The van der Waals surface area contributed by atoms with Crippen molar-refractivity contribution in [3.05, 3.63) is 57.8 Å². The zero-order valence-corrected chi connectivity index (χ0v) is 19.3. The molecule has 6 nitrogen and oxygen atoms in total. The molecule has 0 N–H and O–H groups in total. The van der Waals surface area contributed by atoms with Crippen LogP contribution in [0.5, 0.6) is 0 Å². The van der Waals surface area contributed by atoms with Crippen LogP contribution in [-0.2, 0) is 26.0 Å². The number of nitrogens with zero attached hydrogens (tertiary/aromatic N) is 2. The van der Waals surface area contributed by atoms with E-state index in [9.17, 15) is 13.2 Å². The average molecular weight is 451 g/mol. The van der Waals surface area contributed by atoms with Crippen LogP contribution in [0.15, 0.2) is 41.8 Å². The van der Waals surface area contributed by atoms with Gasteiger partial charge in [-0.25, -0.2) is 8.42 Å². The zero-order chi connectivity index (χ0) is 21.6. The molecule has 1 aromatic carbocycles. The van der Waals surface area contributed by atoms with E-state index in [1.807, 2.05) is 42.2 Å². The average Bonchev–Trinajstić information content (AvgIpc) is 3.23. The summed E-state index contributed by atoms with van der Waals surface area (Å²) in [5.74, 6) is -0.117. The van der Waals surface area contributed by atoms with E-state index in [1.54, 1.807) is 11.3 Å². The Morgan fingerprint density at radius 1 is 1.27 bits per heavy atom. The fraction of sp³-hybridized carbons (Fsp3) is 0.500. The summed E-state index contributed by atoms with van der Waals surface area (Å²) in [7, 11) is -1.98. The molecule has 0 bridgehead atoms. The maximum absolute atomic E-state index is 13.4. The molecule has 0 aliphatic carbocycles. The van der Waals surface area contributed by atoms with Crippen LogP contribution in [0.2, 0.25) is 0 Å². The molecule has 0 radical (unpaired) electrons. The molecule has 1 aliphatic heterocycles. The summed E-state index contributed by atoms with van der Waals surface area (Å²) in [6, 6.07) is 11.8. The van der Waals surface area contributed by atoms with E-state index in [2.05, 4.69) is 11.4 Å². The van der Waals surface area contributed by atoms with Gasteiger partial charge in [-0.3, -0.25) is 4.79 Å². The van der Waals surface area contributed by atoms with Crippen molar-refractivity contribution in [1.82, 2.24) is 9.21 Å². The lowest BCUT2D eigenvalue weighted by atomic mass is 9.93. The number of carbonyl (C=O) groups excluding carboxylic acids is 1. The number of methoxy groups -OCH3 is 1. The standard InChI is InChI=1S/C22H30N2O4S2/c1-3-4-16-30(26,27)23(13-14-28-2)17-21(25)24-12-10-20-19(11-15-29-20)22(24)18-8-6-5-7-9-18/h5-9,11,15,22H,3-4,10,12-14,16-17H2,1-2H3. The second-order valence-corrected chi connectivity index (χ2v) is 10.5. The number of benzene rings is 1. The largest absolute Gasteiger partial charge is 0.383 e. The summed E-state index contributed by atoms with van der Waals surface area (Å²) in [5, 5.41) is 2.06. The third-order valence-corrected chi connectivity index (χ3v) is 8.31. The van der Waals surface area contributed by atoms with E-state index in [1.165, 1.54) is 16.3 Å². The number of hydrogen-bond donors (Lipinski definition) is 0. The summed E-state index contributed by atoms with van der Waals surface area (Å²) >= 11 is 1.72. The minimum Gasteiger partial charge on any atom is -0.383 e. The van der Waals surface area contributed by atoms with Crippen molar-refractivity contribution in [2.45, 2.75) is 32.2 Å². The van der Waals surface area contributed by atoms with Crippen molar-refractivity contribution in [1.29, 1.82) is 0 Å². The van der Waals surface area contributed by atoms with Crippen LogP contribution in [0.1, 0.15) is 41.8 Å². The zero-order valence-electron chi connectivity index (χ0n) is 17.6. The monoisotopic (exact) mass is 450 g/mol. The van der Waals surface area contributed by atoms with Gasteiger partial charge in [0, 0.05) is 25.1 Å². The highest BCUT2D eigenvalue weighted by Crippen LogP contribution is 2.37. The SMILES string of the molecule is CCCCS(=O)(=O)N(CCOC)CC(=O)N1CCc2sccc2C1c1ccccc1. The molecule has 1 atom stereocenters. The lowest BCUT2D eigenvalue weighted by Crippen LogP contribution is -2.47. The molecule has 1 aliphatic rings. The Balaban J connectivity index is 1.85. The Labute approximate surface area is 183 Å². The number of ether oxygens (including phenoxy) is 1. The van der Waals surface area contributed by atoms with Gasteiger partial charge in [0.15, 0.2) is 0 Å². The van der Waals surface area contributed by atoms with Crippen molar-refractivity contribution < 1.29 is 17.9 Å². The third kappa shape index (κ3) is 5.29. The number of unbranched alkanes of at least 4 members (excludes halogenated alkanes) is 1. The van der Waals surface area contributed by atoms with Crippen molar-refractivity contribution in [2.75, 3.05) is 39.1 Å². The Bertz CT molecular complexity index is 928. The molecule has 1 aromatic heterocycles. The van der Waals surface area contributed by atoms with Crippen molar-refractivity contribution in [3.8, 4) is 0 Å². The maximum Gasteiger partial charge on any atom is 0.238 e. The van der Waals surface area contributed by atoms with Gasteiger partial charge in [0.25, 0.3) is 0 Å². The molecule has 0 spiro atoms. The molecule has 1 amide bonds. The number of carbonyl (C=O) groups is 1. The Morgan fingerprint density at radius 3 is 2.73 bits per heavy atom. The van der Waals surface area contributed by atoms with Gasteiger partial charge in [-0.2, -0.15) is 4.31 Å². The normalized spacial score (nSPS) is 16.6. The quantitative estimate of drug-likeness (QED) is 0.557. The van der Waals surface area contributed by atoms with E-state index in [0.717, 1.165) is 24.0 Å². The van der Waals surface area contributed by atoms with Gasteiger partial charge in [-0.1, -0.05) is 43.7 Å². The predicted octanol–water partition coefficient (Wildman–Crippen LogP) is 3.30. The molecule has 2 aromatic rings. The lowest BCUT2D eigenvalue weighted by molar-refractivity contribution is -0.133. The Hall–Kier alpha value is -1.74. The summed E-state index contributed by atoms with van der Waals surface area (Å²) in [4.78, 5) is 16.5. The molecule has 8 heteroatoms. The van der Waals surface area contributed by atoms with Gasteiger partial charge in [-0.05, 0) is 35.4 Å². The third-order valence-electron chi connectivity index (χ3n) is 5.41. The number of thiophene rings is 1. The number of hydrogen-bond acceptors (Lipinski definition) is 5. The first-order valence-electron chi connectivity index (χ1n) is 10.4. The molecule has 3 rings (SSSR count). The summed E-state index contributed by atoms with van der Waals surface area (Å²) in [6.45, 7) is 2.82. The maximum atomic E-state index is 13.4. The first-order chi connectivity index (χ1) is 14.5. The van der Waals surface area contributed by atoms with Gasteiger partial charge in [-0.15, -0.1) is 11.3 Å². The fourth-order valence-corrected chi connectivity index (χ4v) is 6.26. The van der Waals surface area contributed by atoms with Crippen LogP contribution < -0.4 is 0 Å². The van der Waals surface area contributed by atoms with Gasteiger partial charge < -0.3 is 9.64 Å². The molecule has 0 saturated carbocycles. The van der Waals surface area contributed by atoms with Crippen LogP contribution in [-0.4, -0.2) is 62.6 Å². The summed E-state index contributed by atoms with van der Waals surface area (Å²) < 4.78 is 32.0. The van der Waals surface area contributed by atoms with Gasteiger partial charge >= 0.3 is 0 Å². The topological polar surface area (TPSA) is 66.9 Å². The van der Waals surface area contributed by atoms with E-state index in [4.69, 9.17) is 4.74 Å². The van der Waals surface area contributed by atoms with Crippen LogP contribution >= 0.6 is 11.3 Å². The summed E-state index contributed by atoms with van der Waals surface area (Å²) in [5.41, 5.74) is 2.19. The highest BCUT2D eigenvalue weighted by Gasteiger charge is 2.34. The lowest BCUT2D eigenvalue weighted by Gasteiger charge is -2.37. The highest BCUT2D eigenvalue weighted by atomic mass is 32.2. The van der Waals surface area contributed by atoms with Gasteiger partial charge in [0.2, 0.25) is 15.9 Å². The number of fused-ring (bicyclic) bond motifs is 1. The second kappa shape index (κ2) is 10.5. The number of rotatable bonds is 10.